The van der Waals surface area contributed by atoms with Gasteiger partial charge in [-0.1, -0.05) is 289 Å². The summed E-state index contributed by atoms with van der Waals surface area (Å²) in [6.45, 7) is 28.3. The topological polar surface area (TPSA) is 21.3 Å². The van der Waals surface area contributed by atoms with Gasteiger partial charge in [-0.25, -0.2) is 0 Å². The maximum Gasteiger partial charge on any atom is 0.252 e. The highest BCUT2D eigenvalue weighted by atomic mass is 15.2. The zero-order valence-corrected chi connectivity index (χ0v) is 66.0. The average molecular weight is 1440 g/mol. The number of anilines is 6. The number of benzene rings is 15. The lowest BCUT2D eigenvalue weighted by Gasteiger charge is -2.45. The van der Waals surface area contributed by atoms with Crippen molar-refractivity contribution in [3.05, 3.63) is 350 Å². The van der Waals surface area contributed by atoms with Crippen LogP contribution in [0.3, 0.4) is 0 Å². The standard InChI is InChI=1S/C106H90BN5/c1-103(2,3)75-57-76(104(4,5)6)60-81(59-75)111-98-63-79(108-92-39-27-25-37-84(92)86-53-71(41-49-94(86)108)67-29-17-13-18-30-67)45-47-90(98)107-91-48-46-80(109-93-40-28-26-38-85(93)87-54-72(42-50-95(87)109)68-31-19-14-20-32-68)64-99(91)112(82-61-77(105(7,8)9)58-78(62-82)106(10,11)12)101-66-83(65-100(111)102(101)107)110-96-51-43-73(69-33-21-15-22-34-69)55-88(96)89-56-74(44-52-97(89)110)70-35-23-16-24-36-70/h13-66H,1-12H3. The molecule has 0 amide bonds. The minimum atomic E-state index is -0.237. The van der Waals surface area contributed by atoms with E-state index in [0.29, 0.717) is 0 Å². The van der Waals surface area contributed by atoms with Crippen molar-refractivity contribution in [1.82, 2.24) is 13.7 Å². The zero-order valence-electron chi connectivity index (χ0n) is 66.0. The molecule has 20 rings (SSSR count). The second-order valence-corrected chi connectivity index (χ2v) is 35.5. The molecule has 3 aromatic heterocycles. The first-order valence-electron chi connectivity index (χ1n) is 39.8. The molecule has 0 saturated heterocycles. The first kappa shape index (κ1) is 68.6. The van der Waals surface area contributed by atoms with Crippen molar-refractivity contribution < 1.29 is 0 Å². The van der Waals surface area contributed by atoms with E-state index in [1.54, 1.807) is 0 Å². The van der Waals surface area contributed by atoms with Crippen LogP contribution >= 0.6 is 0 Å². The van der Waals surface area contributed by atoms with Crippen molar-refractivity contribution in [3.63, 3.8) is 0 Å². The molecule has 0 aliphatic carbocycles. The van der Waals surface area contributed by atoms with Gasteiger partial charge < -0.3 is 23.5 Å². The summed E-state index contributed by atoms with van der Waals surface area (Å²) in [6.07, 6.45) is 0. The van der Waals surface area contributed by atoms with Crippen molar-refractivity contribution in [1.29, 1.82) is 0 Å². The summed E-state index contributed by atoms with van der Waals surface area (Å²) < 4.78 is 7.65. The van der Waals surface area contributed by atoms with Gasteiger partial charge in [0.25, 0.3) is 6.71 Å². The van der Waals surface area contributed by atoms with E-state index in [2.05, 4.69) is 434 Å². The Hall–Kier alpha value is -12.6. The van der Waals surface area contributed by atoms with Crippen LogP contribution in [-0.2, 0) is 21.7 Å². The predicted molar refractivity (Wildman–Crippen MR) is 480 cm³/mol. The molecule has 5 heterocycles. The lowest BCUT2D eigenvalue weighted by molar-refractivity contribution is 0.568. The Kier molecular flexibility index (Phi) is 15.6. The quantitative estimate of drug-likeness (QED) is 0.134. The van der Waals surface area contributed by atoms with E-state index < -0.39 is 0 Å². The third-order valence-electron chi connectivity index (χ3n) is 24.2. The lowest BCUT2D eigenvalue weighted by atomic mass is 9.33. The summed E-state index contributed by atoms with van der Waals surface area (Å²) in [4.78, 5) is 5.40. The highest BCUT2D eigenvalue weighted by molar-refractivity contribution is 7.00. The number of nitrogens with zero attached hydrogens (tertiary/aromatic N) is 5. The Labute approximate surface area is 658 Å². The van der Waals surface area contributed by atoms with Crippen molar-refractivity contribution in [2.45, 2.75) is 105 Å². The predicted octanol–water partition coefficient (Wildman–Crippen LogP) is 26.9. The fourth-order valence-electron chi connectivity index (χ4n) is 18.2. The maximum atomic E-state index is 2.70. The van der Waals surface area contributed by atoms with Gasteiger partial charge in [-0.05, 0) is 226 Å². The van der Waals surface area contributed by atoms with Crippen molar-refractivity contribution >= 4 is 123 Å². The molecular formula is C106H90BN5. The Morgan fingerprint density at radius 3 is 0.777 bits per heavy atom. The van der Waals surface area contributed by atoms with Crippen LogP contribution in [-0.4, -0.2) is 20.4 Å². The van der Waals surface area contributed by atoms with E-state index in [1.165, 1.54) is 115 Å². The largest absolute Gasteiger partial charge is 0.311 e. The SMILES string of the molecule is CC(C)(C)c1cc(N2c3cc(-n4c5ccccc5c5cc(-c6ccccc6)ccc54)ccc3B3c4ccc(-n5c6ccccc6c6cc(-c7ccccc7)ccc65)cc4N(c4cc(C(C)(C)C)cc(C(C)(C)C)c4)c4cc(-n5c6ccc(-c7ccccc7)cc6c6cc(-c7ccccc7)ccc65)cc2c43)cc(C(C)(C)C)c1. The number of rotatable bonds is 9. The van der Waals surface area contributed by atoms with Gasteiger partial charge in [0.2, 0.25) is 0 Å². The zero-order chi connectivity index (χ0) is 76.4. The molecule has 542 valence electrons. The fourth-order valence-corrected chi connectivity index (χ4v) is 18.2. The van der Waals surface area contributed by atoms with Gasteiger partial charge in [0, 0.05) is 77.8 Å². The molecule has 0 radical (unpaired) electrons. The maximum absolute atomic E-state index is 2.70. The smallest absolute Gasteiger partial charge is 0.252 e. The van der Waals surface area contributed by atoms with Crippen LogP contribution in [0.15, 0.2) is 328 Å². The summed E-state index contributed by atoms with van der Waals surface area (Å²) in [5.74, 6) is 0. The van der Waals surface area contributed by atoms with Gasteiger partial charge >= 0.3 is 0 Å². The molecule has 0 fully saturated rings. The Balaban J connectivity index is 0.937. The monoisotopic (exact) mass is 1440 g/mol. The molecule has 0 atom stereocenters. The summed E-state index contributed by atoms with van der Waals surface area (Å²) in [6, 6.07) is 125. The van der Waals surface area contributed by atoms with Gasteiger partial charge in [-0.2, -0.15) is 0 Å². The van der Waals surface area contributed by atoms with E-state index >= 15 is 0 Å². The molecule has 6 heteroatoms. The first-order chi connectivity index (χ1) is 54.1. The Bertz CT molecular complexity index is 6370. The van der Waals surface area contributed by atoms with Gasteiger partial charge in [0.15, 0.2) is 0 Å². The number of hydrogen-bond donors (Lipinski definition) is 0. The van der Waals surface area contributed by atoms with Crippen LogP contribution in [0.2, 0.25) is 0 Å². The molecule has 0 N–H and O–H groups in total. The van der Waals surface area contributed by atoms with Crippen molar-refractivity contribution in [2.75, 3.05) is 9.80 Å². The van der Waals surface area contributed by atoms with E-state index in [9.17, 15) is 0 Å². The van der Waals surface area contributed by atoms with Gasteiger partial charge in [0.05, 0.1) is 38.8 Å². The summed E-state index contributed by atoms with van der Waals surface area (Å²) in [5, 5.41) is 7.27. The second kappa shape index (κ2) is 25.5. The van der Waals surface area contributed by atoms with Crippen LogP contribution in [0, 0.1) is 0 Å². The molecule has 0 bridgehead atoms. The molecule has 0 saturated carbocycles. The lowest BCUT2D eigenvalue weighted by Crippen LogP contribution is -2.61. The van der Waals surface area contributed by atoms with Gasteiger partial charge in [-0.3, -0.25) is 0 Å². The van der Waals surface area contributed by atoms with E-state index in [4.69, 9.17) is 0 Å². The highest BCUT2D eigenvalue weighted by Gasteiger charge is 2.45. The average Bonchev–Trinajstić information content (AvgIpc) is 1.03. The van der Waals surface area contributed by atoms with Gasteiger partial charge in [-0.15, -0.1) is 0 Å². The molecule has 2 aliphatic heterocycles. The molecule has 112 heavy (non-hydrogen) atoms. The van der Waals surface area contributed by atoms with Crippen LogP contribution in [0.25, 0.3) is 127 Å². The highest BCUT2D eigenvalue weighted by Crippen LogP contribution is 2.51. The molecular weight excluding hydrogens is 1350 g/mol. The summed E-state index contributed by atoms with van der Waals surface area (Å²) in [5.41, 5.74) is 34.7. The van der Waals surface area contributed by atoms with Crippen molar-refractivity contribution in [2.24, 2.45) is 0 Å². The molecule has 2 aliphatic rings. The minimum absolute atomic E-state index is 0.196. The number of fused-ring (bicyclic) bond motifs is 13. The minimum Gasteiger partial charge on any atom is -0.311 e. The van der Waals surface area contributed by atoms with Gasteiger partial charge in [0.1, 0.15) is 0 Å². The third-order valence-corrected chi connectivity index (χ3v) is 24.2. The van der Waals surface area contributed by atoms with E-state index in [1.807, 2.05) is 0 Å². The van der Waals surface area contributed by atoms with Crippen molar-refractivity contribution in [3.8, 4) is 61.6 Å². The number of para-hydroxylation sites is 2. The second-order valence-electron chi connectivity index (χ2n) is 35.5. The van der Waals surface area contributed by atoms with Crippen LogP contribution in [0.1, 0.15) is 105 Å². The molecule has 0 unspecified atom stereocenters. The van der Waals surface area contributed by atoms with Crippen LogP contribution < -0.4 is 26.2 Å². The summed E-state index contributed by atoms with van der Waals surface area (Å²) in [7, 11) is 0. The Morgan fingerprint density at radius 2 is 0.464 bits per heavy atom. The Morgan fingerprint density at radius 1 is 0.196 bits per heavy atom. The fraction of sp³-hybridized carbons (Fsp3) is 0.151. The number of aromatic nitrogens is 3. The number of hydrogen-bond acceptors (Lipinski definition) is 2. The first-order valence-corrected chi connectivity index (χ1v) is 39.8. The molecule has 15 aromatic carbocycles. The van der Waals surface area contributed by atoms with E-state index in [0.717, 1.165) is 84.3 Å². The normalized spacial score (nSPS) is 13.1. The van der Waals surface area contributed by atoms with Crippen LogP contribution in [0.5, 0.6) is 0 Å². The van der Waals surface area contributed by atoms with E-state index in [-0.39, 0.29) is 28.4 Å². The molecule has 0 spiro atoms. The third kappa shape index (κ3) is 11.3. The molecule has 18 aromatic rings. The molecule has 5 nitrogen and oxygen atoms in total. The van der Waals surface area contributed by atoms with Crippen LogP contribution in [0.4, 0.5) is 34.1 Å². The summed E-state index contributed by atoms with van der Waals surface area (Å²) >= 11 is 0.